The Balaban J connectivity index is 1.43. The van der Waals surface area contributed by atoms with E-state index in [1.807, 2.05) is 65.6 Å². The number of H-pyrrole nitrogens is 1. The Morgan fingerprint density at radius 2 is 1.55 bits per heavy atom. The minimum atomic E-state index is -0.380. The first-order valence-electron chi connectivity index (χ1n) is 14.0. The SMILES string of the molecule is C[C@H]1C2CCC(CC2)[C@@H]1Cc1nc(-c2c[nH]c3ncc(Cl)nc23)nc(N(c2ccccc2)c2ccccc2)c1F. The molecule has 8 rings (SSSR count). The molecule has 8 heteroatoms. The molecule has 3 aliphatic rings. The molecule has 6 nitrogen and oxygen atoms in total. The highest BCUT2D eigenvalue weighted by molar-refractivity contribution is 6.29. The maximum absolute atomic E-state index is 16.8. The smallest absolute Gasteiger partial charge is 0.187 e. The van der Waals surface area contributed by atoms with Crippen LogP contribution in [0.4, 0.5) is 21.6 Å². The third-order valence-electron chi connectivity index (χ3n) is 9.01. The lowest BCUT2D eigenvalue weighted by atomic mass is 9.58. The second kappa shape index (κ2) is 10.3. The highest BCUT2D eigenvalue weighted by Gasteiger charge is 2.42. The number of hydrogen-bond acceptors (Lipinski definition) is 5. The molecule has 0 saturated heterocycles. The summed E-state index contributed by atoms with van der Waals surface area (Å²) in [5.41, 5.74) is 3.87. The standard InChI is InChI=1S/C32H30ClFN6/c1-19-20-12-14-21(15-13-20)24(19)16-26-28(34)32(40(22-8-4-2-5-9-22)23-10-6-3-7-11-23)39-30(37-26)25-17-35-31-29(25)38-27(33)18-36-31/h2-11,17-21,24H,12-16H2,1H3,(H,35,36)/t19-,20?,21?,24+/m0/s1. The van der Waals surface area contributed by atoms with E-state index in [1.54, 1.807) is 6.20 Å². The lowest BCUT2D eigenvalue weighted by Gasteiger charge is -2.47. The van der Waals surface area contributed by atoms with Crippen LogP contribution in [-0.2, 0) is 6.42 Å². The van der Waals surface area contributed by atoms with Crippen molar-refractivity contribution in [3.8, 4) is 11.4 Å². The molecule has 2 bridgehead atoms. The summed E-state index contributed by atoms with van der Waals surface area (Å²) in [6, 6.07) is 19.6. The zero-order valence-corrected chi connectivity index (χ0v) is 23.0. The van der Waals surface area contributed by atoms with Crippen LogP contribution in [-0.4, -0.2) is 24.9 Å². The van der Waals surface area contributed by atoms with E-state index in [0.29, 0.717) is 52.4 Å². The summed E-state index contributed by atoms with van der Waals surface area (Å²) in [6.45, 7) is 2.35. The number of anilines is 3. The van der Waals surface area contributed by atoms with Gasteiger partial charge in [-0.25, -0.2) is 24.3 Å². The number of nitrogens with one attached hydrogen (secondary N) is 1. The molecule has 0 amide bonds. The van der Waals surface area contributed by atoms with Crippen LogP contribution < -0.4 is 4.90 Å². The van der Waals surface area contributed by atoms with Gasteiger partial charge in [0.2, 0.25) is 0 Å². The van der Waals surface area contributed by atoms with E-state index in [4.69, 9.17) is 21.6 Å². The van der Waals surface area contributed by atoms with E-state index < -0.39 is 0 Å². The molecule has 3 aliphatic carbocycles. The van der Waals surface area contributed by atoms with E-state index in [2.05, 4.69) is 21.9 Å². The highest BCUT2D eigenvalue weighted by atomic mass is 35.5. The Hall–Kier alpha value is -3.84. The Morgan fingerprint density at radius 1 is 0.900 bits per heavy atom. The van der Waals surface area contributed by atoms with Crippen LogP contribution in [0.3, 0.4) is 0 Å². The molecule has 1 N–H and O–H groups in total. The summed E-state index contributed by atoms with van der Waals surface area (Å²) in [6.07, 6.45) is 8.89. The molecule has 3 saturated carbocycles. The lowest BCUT2D eigenvalue weighted by Crippen LogP contribution is -2.39. The monoisotopic (exact) mass is 552 g/mol. The van der Waals surface area contributed by atoms with Crippen LogP contribution in [0, 0.1) is 29.5 Å². The summed E-state index contributed by atoms with van der Waals surface area (Å²) in [5.74, 6) is 2.51. The predicted octanol–water partition coefficient (Wildman–Crippen LogP) is 8.29. The van der Waals surface area contributed by atoms with Gasteiger partial charge in [-0.15, -0.1) is 0 Å². The fourth-order valence-corrected chi connectivity index (χ4v) is 7.06. The molecule has 5 aromatic rings. The first-order chi connectivity index (χ1) is 19.6. The molecule has 202 valence electrons. The fourth-order valence-electron chi connectivity index (χ4n) is 6.93. The van der Waals surface area contributed by atoms with Crippen molar-refractivity contribution in [2.24, 2.45) is 23.7 Å². The summed E-state index contributed by atoms with van der Waals surface area (Å²) in [4.78, 5) is 23.6. The topological polar surface area (TPSA) is 70.6 Å². The first kappa shape index (κ1) is 25.1. The Kier molecular flexibility index (Phi) is 6.47. The average Bonchev–Trinajstić information content (AvgIpc) is 3.41. The highest BCUT2D eigenvalue weighted by Crippen LogP contribution is 2.50. The van der Waals surface area contributed by atoms with Crippen molar-refractivity contribution in [1.82, 2.24) is 24.9 Å². The van der Waals surface area contributed by atoms with Gasteiger partial charge in [0, 0.05) is 17.6 Å². The van der Waals surface area contributed by atoms with Gasteiger partial charge in [0.1, 0.15) is 10.7 Å². The summed E-state index contributed by atoms with van der Waals surface area (Å²) in [7, 11) is 0. The van der Waals surface area contributed by atoms with Gasteiger partial charge < -0.3 is 4.98 Å². The third kappa shape index (κ3) is 4.42. The number of aromatic nitrogens is 5. The molecule has 2 atom stereocenters. The van der Waals surface area contributed by atoms with Crippen LogP contribution in [0.25, 0.3) is 22.6 Å². The maximum atomic E-state index is 16.8. The quantitative estimate of drug-likeness (QED) is 0.229. The van der Waals surface area contributed by atoms with Crippen LogP contribution in [0.1, 0.15) is 38.3 Å². The van der Waals surface area contributed by atoms with Gasteiger partial charge in [-0.05, 0) is 80.0 Å². The van der Waals surface area contributed by atoms with E-state index >= 15 is 4.39 Å². The molecule has 0 unspecified atom stereocenters. The maximum Gasteiger partial charge on any atom is 0.187 e. The first-order valence-corrected chi connectivity index (χ1v) is 14.4. The summed E-state index contributed by atoms with van der Waals surface area (Å²) >= 11 is 6.22. The van der Waals surface area contributed by atoms with Crippen LogP contribution in [0.5, 0.6) is 0 Å². The molecule has 0 aliphatic heterocycles. The Bertz CT molecular complexity index is 1610. The number of halogens is 2. The number of rotatable bonds is 6. The molecule has 2 aromatic carbocycles. The average molecular weight is 553 g/mol. The van der Waals surface area contributed by atoms with Gasteiger partial charge >= 0.3 is 0 Å². The van der Waals surface area contributed by atoms with Crippen molar-refractivity contribution in [2.75, 3.05) is 4.90 Å². The number of aromatic amines is 1. The van der Waals surface area contributed by atoms with Crippen LogP contribution in [0.15, 0.2) is 73.1 Å². The Labute approximate surface area is 237 Å². The Morgan fingerprint density at radius 3 is 2.20 bits per heavy atom. The van der Waals surface area contributed by atoms with Crippen molar-refractivity contribution in [3.63, 3.8) is 0 Å². The van der Waals surface area contributed by atoms with Crippen molar-refractivity contribution >= 4 is 40.0 Å². The van der Waals surface area contributed by atoms with Crippen molar-refractivity contribution in [1.29, 1.82) is 0 Å². The molecule has 3 fully saturated rings. The number of para-hydroxylation sites is 2. The zero-order valence-electron chi connectivity index (χ0n) is 22.3. The van der Waals surface area contributed by atoms with Gasteiger partial charge in [-0.3, -0.25) is 4.90 Å². The number of fused-ring (bicyclic) bond motifs is 4. The number of nitrogens with zero attached hydrogens (tertiary/aromatic N) is 5. The molecular formula is C32H30ClFN6. The van der Waals surface area contributed by atoms with Gasteiger partial charge in [0.05, 0.1) is 17.5 Å². The molecule has 40 heavy (non-hydrogen) atoms. The normalized spacial score (nSPS) is 22.1. The molecule has 0 spiro atoms. The molecule has 3 aromatic heterocycles. The second-order valence-electron chi connectivity index (χ2n) is 11.1. The van der Waals surface area contributed by atoms with Gasteiger partial charge in [-0.1, -0.05) is 54.9 Å². The van der Waals surface area contributed by atoms with Crippen LogP contribution >= 0.6 is 11.6 Å². The minimum Gasteiger partial charge on any atom is -0.344 e. The van der Waals surface area contributed by atoms with E-state index in [-0.39, 0.29) is 16.8 Å². The predicted molar refractivity (Wildman–Crippen MR) is 156 cm³/mol. The van der Waals surface area contributed by atoms with Gasteiger partial charge in [0.15, 0.2) is 23.1 Å². The fraction of sp³-hybridized carbons (Fsp3) is 0.312. The molecular weight excluding hydrogens is 523 g/mol. The largest absolute Gasteiger partial charge is 0.344 e. The summed E-state index contributed by atoms with van der Waals surface area (Å²) < 4.78 is 16.8. The second-order valence-corrected chi connectivity index (χ2v) is 11.5. The van der Waals surface area contributed by atoms with Crippen molar-refractivity contribution in [2.45, 2.75) is 39.0 Å². The van der Waals surface area contributed by atoms with Crippen LogP contribution in [0.2, 0.25) is 5.15 Å². The van der Waals surface area contributed by atoms with Gasteiger partial charge in [0.25, 0.3) is 0 Å². The van der Waals surface area contributed by atoms with Gasteiger partial charge in [-0.2, -0.15) is 0 Å². The number of hydrogen-bond donors (Lipinski definition) is 1. The zero-order chi connectivity index (χ0) is 27.2. The summed E-state index contributed by atoms with van der Waals surface area (Å²) in [5, 5.41) is 0.276. The van der Waals surface area contributed by atoms with E-state index in [9.17, 15) is 0 Å². The minimum absolute atomic E-state index is 0.218. The molecule has 0 radical (unpaired) electrons. The van der Waals surface area contributed by atoms with Crippen molar-refractivity contribution in [3.05, 3.63) is 89.7 Å². The van der Waals surface area contributed by atoms with Crippen molar-refractivity contribution < 1.29 is 4.39 Å². The third-order valence-corrected chi connectivity index (χ3v) is 9.19. The van der Waals surface area contributed by atoms with E-state index in [1.165, 1.54) is 31.9 Å². The van der Waals surface area contributed by atoms with E-state index in [0.717, 1.165) is 17.3 Å². The molecule has 3 heterocycles. The lowest BCUT2D eigenvalue weighted by molar-refractivity contribution is 0.0334. The number of benzene rings is 2.